The molecule has 0 aliphatic heterocycles. The molecule has 0 saturated heterocycles. The van der Waals surface area contributed by atoms with Crippen molar-refractivity contribution < 1.29 is 13.2 Å². The highest BCUT2D eigenvalue weighted by Crippen LogP contribution is 2.12. The molecule has 126 valence electrons. The molecule has 1 amide bonds. The van der Waals surface area contributed by atoms with Crippen molar-refractivity contribution in [2.45, 2.75) is 25.7 Å². The van der Waals surface area contributed by atoms with Gasteiger partial charge in [0.25, 0.3) is 10.0 Å². The van der Waals surface area contributed by atoms with Gasteiger partial charge in [0.1, 0.15) is 0 Å². The number of carbonyl (C=O) groups is 1. The molecule has 0 aromatic heterocycles. The number of carbonyl (C=O) groups excluding carboxylic acids is 1. The van der Waals surface area contributed by atoms with Crippen LogP contribution in [0.2, 0.25) is 0 Å². The zero-order valence-electron chi connectivity index (χ0n) is 13.7. The van der Waals surface area contributed by atoms with E-state index in [2.05, 4.69) is 15.2 Å². The number of hydrogen-bond acceptors (Lipinski definition) is 4. The lowest BCUT2D eigenvalue weighted by molar-refractivity contribution is -0.114. The average Bonchev–Trinajstić information content (AvgIpc) is 2.53. The Balaban J connectivity index is 2.13. The van der Waals surface area contributed by atoms with E-state index in [1.54, 1.807) is 43.3 Å². The molecule has 0 saturated carbocycles. The first-order chi connectivity index (χ1) is 11.3. The van der Waals surface area contributed by atoms with E-state index in [1.807, 2.05) is 6.92 Å². The van der Waals surface area contributed by atoms with Crippen molar-refractivity contribution in [2.24, 2.45) is 5.10 Å². The zero-order valence-corrected chi connectivity index (χ0v) is 14.5. The van der Waals surface area contributed by atoms with Crippen LogP contribution in [-0.4, -0.2) is 20.0 Å². The monoisotopic (exact) mass is 345 g/mol. The molecule has 0 radical (unpaired) electrons. The molecule has 2 N–H and O–H groups in total. The lowest BCUT2D eigenvalue weighted by Gasteiger charge is -2.07. The van der Waals surface area contributed by atoms with Crippen molar-refractivity contribution >= 4 is 27.3 Å². The van der Waals surface area contributed by atoms with Crippen molar-refractivity contribution in [3.63, 3.8) is 0 Å². The van der Waals surface area contributed by atoms with E-state index in [4.69, 9.17) is 0 Å². The minimum absolute atomic E-state index is 0.154. The molecular formula is C17H19N3O3S. The predicted octanol–water partition coefficient (Wildman–Crippen LogP) is 2.66. The molecule has 6 nitrogen and oxygen atoms in total. The van der Waals surface area contributed by atoms with Crippen molar-refractivity contribution in [2.75, 3.05) is 5.32 Å². The Morgan fingerprint density at radius 1 is 0.958 bits per heavy atom. The Morgan fingerprint density at radius 2 is 1.54 bits per heavy atom. The van der Waals surface area contributed by atoms with Gasteiger partial charge in [0, 0.05) is 12.6 Å². The summed E-state index contributed by atoms with van der Waals surface area (Å²) in [5.74, 6) is -0.154. The second-order valence-electron chi connectivity index (χ2n) is 5.36. The third-order valence-electron chi connectivity index (χ3n) is 3.29. The molecule has 2 rings (SSSR count). The van der Waals surface area contributed by atoms with Crippen molar-refractivity contribution in [1.82, 2.24) is 4.83 Å². The van der Waals surface area contributed by atoms with Crippen LogP contribution in [0, 0.1) is 6.92 Å². The smallest absolute Gasteiger partial charge is 0.276 e. The predicted molar refractivity (Wildman–Crippen MR) is 94.5 cm³/mol. The number of aryl methyl sites for hydroxylation is 1. The molecule has 24 heavy (non-hydrogen) atoms. The number of anilines is 1. The van der Waals surface area contributed by atoms with Crippen LogP contribution in [0.15, 0.2) is 58.5 Å². The minimum Gasteiger partial charge on any atom is -0.326 e. The summed E-state index contributed by atoms with van der Waals surface area (Å²) in [5.41, 5.74) is 2.91. The molecular weight excluding hydrogens is 326 g/mol. The van der Waals surface area contributed by atoms with Crippen LogP contribution in [-0.2, 0) is 14.8 Å². The number of nitrogens with zero attached hydrogens (tertiary/aromatic N) is 1. The van der Waals surface area contributed by atoms with E-state index < -0.39 is 10.0 Å². The Labute approximate surface area is 141 Å². The Morgan fingerprint density at radius 3 is 2.08 bits per heavy atom. The van der Waals surface area contributed by atoms with Crippen LogP contribution in [0.3, 0.4) is 0 Å². The third kappa shape index (κ3) is 4.66. The lowest BCUT2D eigenvalue weighted by atomic mass is 10.1. The van der Waals surface area contributed by atoms with Gasteiger partial charge in [0.15, 0.2) is 0 Å². The summed E-state index contributed by atoms with van der Waals surface area (Å²) in [6.45, 7) is 5.02. The van der Waals surface area contributed by atoms with Crippen LogP contribution in [0.1, 0.15) is 25.0 Å². The molecule has 7 heteroatoms. The first-order valence-electron chi connectivity index (χ1n) is 7.29. The topological polar surface area (TPSA) is 87.6 Å². The maximum Gasteiger partial charge on any atom is 0.276 e. The first-order valence-corrected chi connectivity index (χ1v) is 8.77. The average molecular weight is 345 g/mol. The SMILES string of the molecule is CC(=O)Nc1ccc(/C(C)=N\NS(=O)(=O)c2ccc(C)cc2)cc1. The summed E-state index contributed by atoms with van der Waals surface area (Å²) < 4.78 is 24.4. The standard InChI is InChI=1S/C17H19N3O3S/c1-12-4-10-17(11-5-12)24(22,23)20-19-13(2)15-6-8-16(9-7-15)18-14(3)21/h4-11,20H,1-3H3,(H,18,21)/b19-13-. The van der Waals surface area contributed by atoms with Gasteiger partial charge < -0.3 is 5.32 Å². The quantitative estimate of drug-likeness (QED) is 0.645. The largest absolute Gasteiger partial charge is 0.326 e. The lowest BCUT2D eigenvalue weighted by Crippen LogP contribution is -2.20. The molecule has 0 spiro atoms. The van der Waals surface area contributed by atoms with Gasteiger partial charge in [-0.05, 0) is 43.7 Å². The van der Waals surface area contributed by atoms with E-state index >= 15 is 0 Å². The number of hydrazone groups is 1. The summed E-state index contributed by atoms with van der Waals surface area (Å²) in [6.07, 6.45) is 0. The first kappa shape index (κ1) is 17.7. The van der Waals surface area contributed by atoms with Gasteiger partial charge in [0.05, 0.1) is 10.6 Å². The second kappa shape index (κ2) is 7.27. The molecule has 0 fully saturated rings. The number of benzene rings is 2. The fraction of sp³-hybridized carbons (Fsp3) is 0.176. The van der Waals surface area contributed by atoms with Crippen LogP contribution >= 0.6 is 0 Å². The van der Waals surface area contributed by atoms with Crippen molar-refractivity contribution in [3.05, 3.63) is 59.7 Å². The highest BCUT2D eigenvalue weighted by molar-refractivity contribution is 7.89. The minimum atomic E-state index is -3.70. The Kier molecular flexibility index (Phi) is 5.35. The second-order valence-corrected chi connectivity index (χ2v) is 7.02. The fourth-order valence-corrected chi connectivity index (χ4v) is 2.82. The number of sulfonamides is 1. The van der Waals surface area contributed by atoms with E-state index in [0.29, 0.717) is 11.4 Å². The summed E-state index contributed by atoms with van der Waals surface area (Å²) in [7, 11) is -3.70. The molecule has 0 aliphatic carbocycles. The maximum atomic E-state index is 12.2. The summed E-state index contributed by atoms with van der Waals surface area (Å²) in [6, 6.07) is 13.5. The zero-order chi connectivity index (χ0) is 17.7. The van der Waals surface area contributed by atoms with Gasteiger partial charge in [-0.2, -0.15) is 18.4 Å². The molecule has 2 aromatic carbocycles. The van der Waals surface area contributed by atoms with Gasteiger partial charge in [-0.25, -0.2) is 0 Å². The number of rotatable bonds is 5. The van der Waals surface area contributed by atoms with Gasteiger partial charge in [-0.1, -0.05) is 29.8 Å². The fourth-order valence-electron chi connectivity index (χ4n) is 1.96. The van der Waals surface area contributed by atoms with E-state index in [9.17, 15) is 13.2 Å². The Bertz CT molecular complexity index is 855. The molecule has 0 bridgehead atoms. The molecule has 0 atom stereocenters. The van der Waals surface area contributed by atoms with Crippen molar-refractivity contribution in [3.8, 4) is 0 Å². The number of nitrogens with one attached hydrogen (secondary N) is 2. The number of amides is 1. The van der Waals surface area contributed by atoms with Crippen LogP contribution in [0.25, 0.3) is 0 Å². The van der Waals surface area contributed by atoms with Gasteiger partial charge >= 0.3 is 0 Å². The van der Waals surface area contributed by atoms with Crippen molar-refractivity contribution in [1.29, 1.82) is 0 Å². The molecule has 0 unspecified atom stereocenters. The van der Waals surface area contributed by atoms with E-state index in [1.165, 1.54) is 19.1 Å². The summed E-state index contributed by atoms with van der Waals surface area (Å²) >= 11 is 0. The maximum absolute atomic E-state index is 12.2. The summed E-state index contributed by atoms with van der Waals surface area (Å²) in [5, 5.41) is 6.61. The highest BCUT2D eigenvalue weighted by Gasteiger charge is 2.12. The van der Waals surface area contributed by atoms with Gasteiger partial charge in [0.2, 0.25) is 5.91 Å². The third-order valence-corrected chi connectivity index (χ3v) is 4.51. The van der Waals surface area contributed by atoms with Crippen LogP contribution in [0.5, 0.6) is 0 Å². The highest BCUT2D eigenvalue weighted by atomic mass is 32.2. The van der Waals surface area contributed by atoms with Crippen LogP contribution in [0.4, 0.5) is 5.69 Å². The van der Waals surface area contributed by atoms with Crippen LogP contribution < -0.4 is 10.1 Å². The van der Waals surface area contributed by atoms with E-state index in [0.717, 1.165) is 11.1 Å². The molecule has 0 heterocycles. The Hall–Kier alpha value is -2.67. The van der Waals surface area contributed by atoms with E-state index in [-0.39, 0.29) is 10.8 Å². The summed E-state index contributed by atoms with van der Waals surface area (Å²) in [4.78, 5) is 13.4. The molecule has 2 aromatic rings. The van der Waals surface area contributed by atoms with Gasteiger partial charge in [-0.3, -0.25) is 4.79 Å². The normalized spacial score (nSPS) is 11.9. The molecule has 0 aliphatic rings. The number of hydrogen-bond donors (Lipinski definition) is 2. The van der Waals surface area contributed by atoms with Gasteiger partial charge in [-0.15, -0.1) is 0 Å².